The molecule has 2 rings (SSSR count). The molecule has 6 heteroatoms. The smallest absolute Gasteiger partial charge is 0.410 e. The van der Waals surface area contributed by atoms with Gasteiger partial charge in [0, 0.05) is 37.3 Å². The molecule has 0 aromatic carbocycles. The monoisotopic (exact) mass is 448 g/mol. The highest BCUT2D eigenvalue weighted by molar-refractivity contribution is 5.68. The van der Waals surface area contributed by atoms with E-state index in [-0.39, 0.29) is 13.0 Å². The molecule has 0 bridgehead atoms. The lowest BCUT2D eigenvalue weighted by Crippen LogP contribution is -2.37. The van der Waals surface area contributed by atoms with Crippen molar-refractivity contribution in [2.75, 3.05) is 13.1 Å². The maximum absolute atomic E-state index is 14.8. The molecule has 1 atom stereocenters. The molecule has 4 nitrogen and oxygen atoms in total. The van der Waals surface area contributed by atoms with E-state index in [4.69, 9.17) is 4.74 Å². The first-order valence-corrected chi connectivity index (χ1v) is 11.5. The first-order valence-electron chi connectivity index (χ1n) is 11.5. The zero-order chi connectivity index (χ0) is 23.9. The third-order valence-electron chi connectivity index (χ3n) is 5.80. The van der Waals surface area contributed by atoms with Crippen molar-refractivity contribution < 1.29 is 18.3 Å². The number of hydrogen-bond acceptors (Lipinski definition) is 3. The fourth-order valence-corrected chi connectivity index (χ4v) is 3.84. The number of carbonyl (C=O) groups is 1. The number of halogens is 2. The van der Waals surface area contributed by atoms with E-state index in [1.165, 1.54) is 16.0 Å². The molecule has 1 aliphatic heterocycles. The van der Waals surface area contributed by atoms with Crippen LogP contribution in [0.4, 0.5) is 13.6 Å². The SMILES string of the molecule is CC(C)=C(/C=C\c1cccnc1C)CCCCC(F)(F)C1CCN(C(=O)OC(C)(C)C)C1. The number of pyridine rings is 1. The number of alkyl halides is 2. The predicted molar refractivity (Wildman–Crippen MR) is 126 cm³/mol. The molecule has 1 aromatic rings. The van der Waals surface area contributed by atoms with Gasteiger partial charge in [0.1, 0.15) is 5.60 Å². The van der Waals surface area contributed by atoms with Crippen molar-refractivity contribution >= 4 is 12.2 Å². The number of ether oxygens (including phenoxy) is 1. The van der Waals surface area contributed by atoms with Crippen LogP contribution in [0.25, 0.3) is 6.08 Å². The van der Waals surface area contributed by atoms with E-state index in [1.54, 1.807) is 27.0 Å². The van der Waals surface area contributed by atoms with Gasteiger partial charge >= 0.3 is 6.09 Å². The second-order valence-electron chi connectivity index (χ2n) is 9.92. The Morgan fingerprint density at radius 3 is 2.62 bits per heavy atom. The van der Waals surface area contributed by atoms with Crippen molar-refractivity contribution in [3.05, 3.63) is 46.8 Å². The summed E-state index contributed by atoms with van der Waals surface area (Å²) in [5.41, 5.74) is 3.78. The third kappa shape index (κ3) is 8.03. The highest BCUT2D eigenvalue weighted by atomic mass is 19.3. The van der Waals surface area contributed by atoms with Crippen LogP contribution in [0.15, 0.2) is 35.6 Å². The maximum atomic E-state index is 14.8. The van der Waals surface area contributed by atoms with Crippen LogP contribution in [-0.4, -0.2) is 40.6 Å². The van der Waals surface area contributed by atoms with Gasteiger partial charge in [-0.25, -0.2) is 13.6 Å². The molecule has 0 radical (unpaired) electrons. The number of hydrogen-bond donors (Lipinski definition) is 0. The molecular formula is C26H38F2N2O2. The molecule has 0 saturated carbocycles. The standard InChI is InChI=1S/C26H38F2N2O2/c1-19(2)21(12-13-22-11-9-16-29-20(22)3)10-7-8-15-26(27,28)23-14-17-30(18-23)24(31)32-25(4,5)6/h9,11-13,16,23H,7-8,10,14-15,17-18H2,1-6H3/b13-12-. The summed E-state index contributed by atoms with van der Waals surface area (Å²) in [6, 6.07) is 3.92. The first-order chi connectivity index (χ1) is 14.9. The number of amides is 1. The molecule has 1 saturated heterocycles. The quantitative estimate of drug-likeness (QED) is 0.312. The summed E-state index contributed by atoms with van der Waals surface area (Å²) in [6.45, 7) is 11.8. The minimum absolute atomic E-state index is 0.0638. The average molecular weight is 449 g/mol. The molecule has 0 aliphatic carbocycles. The van der Waals surface area contributed by atoms with Crippen LogP contribution in [0.3, 0.4) is 0 Å². The predicted octanol–water partition coefficient (Wildman–Crippen LogP) is 7.19. The summed E-state index contributed by atoms with van der Waals surface area (Å²) in [4.78, 5) is 17.9. The van der Waals surface area contributed by atoms with E-state index in [1.807, 2.05) is 39.0 Å². The molecule has 0 N–H and O–H groups in total. The zero-order valence-electron chi connectivity index (χ0n) is 20.4. The van der Waals surface area contributed by atoms with Gasteiger partial charge in [0.25, 0.3) is 5.92 Å². The van der Waals surface area contributed by atoms with E-state index in [2.05, 4.69) is 11.1 Å². The van der Waals surface area contributed by atoms with Gasteiger partial charge in [0.05, 0.1) is 0 Å². The van der Waals surface area contributed by atoms with Gasteiger partial charge in [-0.05, 0) is 84.4 Å². The lowest BCUT2D eigenvalue weighted by Gasteiger charge is -2.26. The summed E-state index contributed by atoms with van der Waals surface area (Å²) in [5.74, 6) is -3.57. The lowest BCUT2D eigenvalue weighted by molar-refractivity contribution is -0.0631. The Hall–Kier alpha value is -2.24. The Bertz CT molecular complexity index is 836. The summed E-state index contributed by atoms with van der Waals surface area (Å²) in [7, 11) is 0. The van der Waals surface area contributed by atoms with E-state index in [9.17, 15) is 13.6 Å². The fraction of sp³-hybridized carbons (Fsp3) is 0.615. The molecule has 1 fully saturated rings. The van der Waals surface area contributed by atoms with Crippen LogP contribution in [0.2, 0.25) is 0 Å². The Labute approximate surface area is 191 Å². The van der Waals surface area contributed by atoms with Crippen LogP contribution in [0.1, 0.15) is 78.0 Å². The molecule has 0 spiro atoms. The molecule has 1 aromatic heterocycles. The first kappa shape index (κ1) is 26.0. The van der Waals surface area contributed by atoms with Crippen molar-refractivity contribution in [1.29, 1.82) is 0 Å². The zero-order valence-corrected chi connectivity index (χ0v) is 20.4. The van der Waals surface area contributed by atoms with E-state index >= 15 is 0 Å². The number of nitrogens with zero attached hydrogens (tertiary/aromatic N) is 2. The van der Waals surface area contributed by atoms with Crippen molar-refractivity contribution in [1.82, 2.24) is 9.88 Å². The molecule has 178 valence electrons. The van der Waals surface area contributed by atoms with Gasteiger partial charge in [0.2, 0.25) is 0 Å². The van der Waals surface area contributed by atoms with Crippen molar-refractivity contribution in [2.45, 2.75) is 85.2 Å². The van der Waals surface area contributed by atoms with Gasteiger partial charge < -0.3 is 9.64 Å². The van der Waals surface area contributed by atoms with Crippen molar-refractivity contribution in [3.8, 4) is 0 Å². The molecule has 1 aliphatic rings. The number of likely N-dealkylation sites (tertiary alicyclic amines) is 1. The number of allylic oxidation sites excluding steroid dienone is 3. The van der Waals surface area contributed by atoms with Crippen molar-refractivity contribution in [3.63, 3.8) is 0 Å². The number of unbranched alkanes of at least 4 members (excludes halogenated alkanes) is 1. The van der Waals surface area contributed by atoms with Crippen molar-refractivity contribution in [2.24, 2.45) is 5.92 Å². The summed E-state index contributed by atoms with van der Waals surface area (Å²) in [5, 5.41) is 0. The molecule has 1 unspecified atom stereocenters. The van der Waals surface area contributed by atoms with Crippen LogP contribution < -0.4 is 0 Å². The highest BCUT2D eigenvalue weighted by Gasteiger charge is 2.44. The Balaban J connectivity index is 1.83. The van der Waals surface area contributed by atoms with Gasteiger partial charge in [-0.3, -0.25) is 4.98 Å². The minimum atomic E-state index is -2.77. The van der Waals surface area contributed by atoms with E-state index < -0.39 is 23.5 Å². The Kier molecular flexibility index (Phi) is 8.99. The maximum Gasteiger partial charge on any atom is 0.410 e. The lowest BCUT2D eigenvalue weighted by atomic mass is 9.94. The third-order valence-corrected chi connectivity index (χ3v) is 5.80. The normalized spacial score (nSPS) is 17.1. The van der Waals surface area contributed by atoms with Gasteiger partial charge in [0.15, 0.2) is 0 Å². The number of rotatable bonds is 8. The average Bonchev–Trinajstić information content (AvgIpc) is 3.18. The van der Waals surface area contributed by atoms with Gasteiger partial charge in [-0.15, -0.1) is 0 Å². The number of carbonyl (C=O) groups excluding carboxylic acids is 1. The second kappa shape index (κ2) is 11.1. The van der Waals surface area contributed by atoms with Crippen LogP contribution in [0, 0.1) is 12.8 Å². The van der Waals surface area contributed by atoms with Gasteiger partial charge in [-0.2, -0.15) is 0 Å². The number of aromatic nitrogens is 1. The Morgan fingerprint density at radius 2 is 2.00 bits per heavy atom. The Morgan fingerprint density at radius 1 is 1.28 bits per heavy atom. The molecule has 1 amide bonds. The van der Waals surface area contributed by atoms with E-state index in [0.717, 1.165) is 17.7 Å². The van der Waals surface area contributed by atoms with E-state index in [0.29, 0.717) is 25.8 Å². The number of aryl methyl sites for hydroxylation is 1. The van der Waals surface area contributed by atoms with Gasteiger partial charge in [-0.1, -0.05) is 23.8 Å². The van der Waals surface area contributed by atoms with Crippen LogP contribution in [0.5, 0.6) is 0 Å². The largest absolute Gasteiger partial charge is 0.444 e. The minimum Gasteiger partial charge on any atom is -0.444 e. The van der Waals surface area contributed by atoms with Crippen LogP contribution >= 0.6 is 0 Å². The topological polar surface area (TPSA) is 42.4 Å². The summed E-state index contributed by atoms with van der Waals surface area (Å²) in [6.07, 6.45) is 7.48. The van der Waals surface area contributed by atoms with Crippen LogP contribution in [-0.2, 0) is 4.74 Å². The molecule has 32 heavy (non-hydrogen) atoms. The molecular weight excluding hydrogens is 410 g/mol. The fourth-order valence-electron chi connectivity index (χ4n) is 3.84. The molecule has 2 heterocycles. The summed E-state index contributed by atoms with van der Waals surface area (Å²) < 4.78 is 34.9. The summed E-state index contributed by atoms with van der Waals surface area (Å²) >= 11 is 0. The second-order valence-corrected chi connectivity index (χ2v) is 9.92. The highest BCUT2D eigenvalue weighted by Crippen LogP contribution is 2.37.